The molecule has 1 aliphatic heterocycles. The van der Waals surface area contributed by atoms with Crippen LogP contribution in [-0.2, 0) is 11.2 Å². The summed E-state index contributed by atoms with van der Waals surface area (Å²) in [6.07, 6.45) is 1.68. The second-order valence-corrected chi connectivity index (χ2v) is 5.36. The Kier molecular flexibility index (Phi) is 4.37. The Hall–Kier alpha value is -1.35. The van der Waals surface area contributed by atoms with E-state index in [0.717, 1.165) is 13.0 Å². The molecule has 98 valence electrons. The monoisotopic (exact) mass is 246 g/mol. The molecule has 0 radical (unpaired) electrons. The molecular formula is C15H22N2O. The molecule has 0 saturated heterocycles. The fourth-order valence-corrected chi connectivity index (χ4v) is 2.43. The van der Waals surface area contributed by atoms with Crippen LogP contribution in [0.4, 0.5) is 0 Å². The standard InChI is InChI=1S/C15H22N2O/c1-11(2)9-15(18)17-10-14-13-6-4-3-5-12(13)7-8-16-14/h3-6,11,14,16H,7-10H2,1-2H3,(H,17,18). The molecule has 1 amide bonds. The van der Waals surface area contributed by atoms with E-state index < -0.39 is 0 Å². The van der Waals surface area contributed by atoms with E-state index >= 15 is 0 Å². The van der Waals surface area contributed by atoms with Crippen LogP contribution in [0, 0.1) is 5.92 Å². The summed E-state index contributed by atoms with van der Waals surface area (Å²) in [5.41, 5.74) is 2.73. The Labute approximate surface area is 109 Å². The van der Waals surface area contributed by atoms with Crippen molar-refractivity contribution >= 4 is 5.91 Å². The van der Waals surface area contributed by atoms with Gasteiger partial charge in [-0.25, -0.2) is 0 Å². The van der Waals surface area contributed by atoms with E-state index in [4.69, 9.17) is 0 Å². The zero-order chi connectivity index (χ0) is 13.0. The summed E-state index contributed by atoms with van der Waals surface area (Å²) in [6, 6.07) is 8.73. The fraction of sp³-hybridized carbons (Fsp3) is 0.533. The minimum Gasteiger partial charge on any atom is -0.354 e. The molecule has 0 aromatic heterocycles. The average Bonchev–Trinajstić information content (AvgIpc) is 2.35. The minimum atomic E-state index is 0.148. The van der Waals surface area contributed by atoms with Gasteiger partial charge in [0.25, 0.3) is 0 Å². The molecule has 2 N–H and O–H groups in total. The number of hydrogen-bond acceptors (Lipinski definition) is 2. The molecule has 1 heterocycles. The highest BCUT2D eigenvalue weighted by molar-refractivity contribution is 5.76. The van der Waals surface area contributed by atoms with Crippen LogP contribution in [0.3, 0.4) is 0 Å². The molecule has 1 aromatic rings. The smallest absolute Gasteiger partial charge is 0.220 e. The van der Waals surface area contributed by atoms with Gasteiger partial charge in [-0.2, -0.15) is 0 Å². The number of fused-ring (bicyclic) bond motifs is 1. The van der Waals surface area contributed by atoms with Crippen LogP contribution in [0.5, 0.6) is 0 Å². The van der Waals surface area contributed by atoms with Gasteiger partial charge in [0, 0.05) is 19.0 Å². The lowest BCUT2D eigenvalue weighted by Crippen LogP contribution is -2.39. The van der Waals surface area contributed by atoms with Crippen molar-refractivity contribution in [3.05, 3.63) is 35.4 Å². The topological polar surface area (TPSA) is 41.1 Å². The van der Waals surface area contributed by atoms with Crippen LogP contribution in [0.1, 0.15) is 37.4 Å². The molecule has 0 fully saturated rings. The predicted molar refractivity (Wildman–Crippen MR) is 73.4 cm³/mol. The molecule has 1 aromatic carbocycles. The Bertz CT molecular complexity index is 415. The molecule has 0 bridgehead atoms. The first-order chi connectivity index (χ1) is 8.66. The SMILES string of the molecule is CC(C)CC(=O)NCC1NCCc2ccccc21. The molecule has 0 spiro atoms. The lowest BCUT2D eigenvalue weighted by Gasteiger charge is -2.27. The van der Waals surface area contributed by atoms with Gasteiger partial charge in [-0.1, -0.05) is 38.1 Å². The summed E-state index contributed by atoms with van der Waals surface area (Å²) in [5.74, 6) is 0.562. The lowest BCUT2D eigenvalue weighted by molar-refractivity contribution is -0.121. The van der Waals surface area contributed by atoms with Gasteiger partial charge in [0.15, 0.2) is 0 Å². The molecule has 1 atom stereocenters. The van der Waals surface area contributed by atoms with Crippen LogP contribution < -0.4 is 10.6 Å². The third-order valence-electron chi connectivity index (χ3n) is 3.31. The maximum absolute atomic E-state index is 11.7. The molecule has 0 aliphatic carbocycles. The molecule has 3 heteroatoms. The summed E-state index contributed by atoms with van der Waals surface area (Å²) in [7, 11) is 0. The third kappa shape index (κ3) is 3.33. The highest BCUT2D eigenvalue weighted by Crippen LogP contribution is 2.21. The van der Waals surface area contributed by atoms with Gasteiger partial charge in [0.2, 0.25) is 5.91 Å². The summed E-state index contributed by atoms with van der Waals surface area (Å²) < 4.78 is 0. The summed E-state index contributed by atoms with van der Waals surface area (Å²) >= 11 is 0. The van der Waals surface area contributed by atoms with Gasteiger partial charge in [-0.15, -0.1) is 0 Å². The lowest BCUT2D eigenvalue weighted by atomic mass is 9.94. The third-order valence-corrected chi connectivity index (χ3v) is 3.31. The van der Waals surface area contributed by atoms with E-state index in [2.05, 4.69) is 48.7 Å². The van der Waals surface area contributed by atoms with E-state index in [-0.39, 0.29) is 11.9 Å². The van der Waals surface area contributed by atoms with Crippen molar-refractivity contribution in [3.8, 4) is 0 Å². The Morgan fingerprint density at radius 1 is 1.44 bits per heavy atom. The predicted octanol–water partition coefficient (Wildman–Crippen LogP) is 2.04. The van der Waals surface area contributed by atoms with Crippen LogP contribution in [0.15, 0.2) is 24.3 Å². The first kappa shape index (κ1) is 13.1. The summed E-state index contributed by atoms with van der Waals surface area (Å²) in [6.45, 7) is 5.80. The van der Waals surface area contributed by atoms with E-state index in [0.29, 0.717) is 18.9 Å². The number of benzene rings is 1. The van der Waals surface area contributed by atoms with Gasteiger partial charge in [-0.3, -0.25) is 4.79 Å². The number of carbonyl (C=O) groups is 1. The molecule has 18 heavy (non-hydrogen) atoms. The van der Waals surface area contributed by atoms with E-state index in [1.54, 1.807) is 0 Å². The average molecular weight is 246 g/mol. The van der Waals surface area contributed by atoms with Gasteiger partial charge in [0.1, 0.15) is 0 Å². The zero-order valence-corrected chi connectivity index (χ0v) is 11.2. The number of amides is 1. The molecule has 3 nitrogen and oxygen atoms in total. The van der Waals surface area contributed by atoms with Gasteiger partial charge < -0.3 is 10.6 Å². The largest absolute Gasteiger partial charge is 0.354 e. The maximum Gasteiger partial charge on any atom is 0.220 e. The molecule has 2 rings (SSSR count). The maximum atomic E-state index is 11.7. The van der Waals surface area contributed by atoms with E-state index in [1.807, 2.05) is 0 Å². The molecule has 0 saturated carbocycles. The van der Waals surface area contributed by atoms with Crippen LogP contribution >= 0.6 is 0 Å². The van der Waals surface area contributed by atoms with Crippen molar-refractivity contribution in [2.75, 3.05) is 13.1 Å². The van der Waals surface area contributed by atoms with E-state index in [9.17, 15) is 4.79 Å². The first-order valence-corrected chi connectivity index (χ1v) is 6.74. The van der Waals surface area contributed by atoms with Gasteiger partial charge in [-0.05, 0) is 30.0 Å². The zero-order valence-electron chi connectivity index (χ0n) is 11.2. The number of carbonyl (C=O) groups excluding carboxylic acids is 1. The van der Waals surface area contributed by atoms with Crippen molar-refractivity contribution in [2.45, 2.75) is 32.7 Å². The number of hydrogen-bond donors (Lipinski definition) is 2. The molecular weight excluding hydrogens is 224 g/mol. The van der Waals surface area contributed by atoms with Crippen LogP contribution in [0.2, 0.25) is 0 Å². The van der Waals surface area contributed by atoms with Crippen molar-refractivity contribution in [2.24, 2.45) is 5.92 Å². The highest BCUT2D eigenvalue weighted by atomic mass is 16.1. The fourth-order valence-electron chi connectivity index (χ4n) is 2.43. The summed E-state index contributed by atoms with van der Waals surface area (Å²) in [5, 5.41) is 6.49. The number of rotatable bonds is 4. The second kappa shape index (κ2) is 6.01. The van der Waals surface area contributed by atoms with E-state index in [1.165, 1.54) is 11.1 Å². The molecule has 1 unspecified atom stereocenters. The quantitative estimate of drug-likeness (QED) is 0.853. The van der Waals surface area contributed by atoms with Crippen molar-refractivity contribution in [3.63, 3.8) is 0 Å². The second-order valence-electron chi connectivity index (χ2n) is 5.36. The van der Waals surface area contributed by atoms with Crippen molar-refractivity contribution in [1.29, 1.82) is 0 Å². The van der Waals surface area contributed by atoms with Crippen molar-refractivity contribution < 1.29 is 4.79 Å². The minimum absolute atomic E-state index is 0.148. The summed E-state index contributed by atoms with van der Waals surface area (Å²) in [4.78, 5) is 11.7. The van der Waals surface area contributed by atoms with Crippen LogP contribution in [0.25, 0.3) is 0 Å². The van der Waals surface area contributed by atoms with Gasteiger partial charge >= 0.3 is 0 Å². The van der Waals surface area contributed by atoms with Crippen LogP contribution in [-0.4, -0.2) is 19.0 Å². The van der Waals surface area contributed by atoms with Crippen molar-refractivity contribution in [1.82, 2.24) is 10.6 Å². The normalized spacial score (nSPS) is 18.5. The Morgan fingerprint density at radius 2 is 2.22 bits per heavy atom. The number of nitrogens with one attached hydrogen (secondary N) is 2. The molecule has 1 aliphatic rings. The Morgan fingerprint density at radius 3 is 3.00 bits per heavy atom. The van der Waals surface area contributed by atoms with Gasteiger partial charge in [0.05, 0.1) is 0 Å². The highest BCUT2D eigenvalue weighted by Gasteiger charge is 2.19. The Balaban J connectivity index is 1.93. The first-order valence-electron chi connectivity index (χ1n) is 6.74.